The second kappa shape index (κ2) is 8.28. The molecule has 0 aliphatic heterocycles. The van der Waals surface area contributed by atoms with Gasteiger partial charge < -0.3 is 10.1 Å². The highest BCUT2D eigenvalue weighted by atomic mass is 16.5. The lowest BCUT2D eigenvalue weighted by Crippen LogP contribution is -2.48. The number of aromatic nitrogens is 4. The first-order chi connectivity index (χ1) is 13.1. The van der Waals surface area contributed by atoms with Crippen molar-refractivity contribution in [3.8, 4) is 5.69 Å². The van der Waals surface area contributed by atoms with Gasteiger partial charge in [0.2, 0.25) is 5.91 Å². The van der Waals surface area contributed by atoms with Crippen LogP contribution in [0.15, 0.2) is 24.3 Å². The summed E-state index contributed by atoms with van der Waals surface area (Å²) in [5.74, 6) is 0.192. The summed E-state index contributed by atoms with van der Waals surface area (Å²) in [6.45, 7) is 3.91. The van der Waals surface area contributed by atoms with Gasteiger partial charge in [0.25, 0.3) is 0 Å². The van der Waals surface area contributed by atoms with E-state index in [9.17, 15) is 9.59 Å². The minimum absolute atomic E-state index is 0.0216. The Bertz CT molecular complexity index is 811. The van der Waals surface area contributed by atoms with Crippen molar-refractivity contribution in [2.24, 2.45) is 0 Å². The van der Waals surface area contributed by atoms with Crippen LogP contribution in [0.4, 0.5) is 0 Å². The van der Waals surface area contributed by atoms with Crippen LogP contribution in [0.1, 0.15) is 68.6 Å². The number of hydrogen-bond donors (Lipinski definition) is 1. The van der Waals surface area contributed by atoms with Crippen molar-refractivity contribution in [2.75, 3.05) is 6.61 Å². The zero-order chi connectivity index (χ0) is 19.3. The number of hydrogen-bond acceptors (Lipinski definition) is 6. The van der Waals surface area contributed by atoms with Crippen LogP contribution < -0.4 is 5.32 Å². The number of esters is 1. The number of nitrogens with one attached hydrogen (secondary N) is 1. The van der Waals surface area contributed by atoms with Gasteiger partial charge in [-0.15, -0.1) is 5.10 Å². The Hall–Kier alpha value is -2.77. The number of ether oxygens (including phenoxy) is 1. The lowest BCUT2D eigenvalue weighted by Gasteiger charge is -2.36. The van der Waals surface area contributed by atoms with Crippen LogP contribution in [0.3, 0.4) is 0 Å². The second-order valence-electron chi connectivity index (χ2n) is 6.73. The van der Waals surface area contributed by atoms with Crippen LogP contribution in [-0.2, 0) is 15.1 Å². The Morgan fingerprint density at radius 3 is 2.70 bits per heavy atom. The molecule has 1 fully saturated rings. The molecule has 2 aromatic rings. The third kappa shape index (κ3) is 3.99. The summed E-state index contributed by atoms with van der Waals surface area (Å²) in [6, 6.07) is 7.00. The lowest BCUT2D eigenvalue weighted by atomic mass is 9.80. The minimum atomic E-state index is -0.589. The van der Waals surface area contributed by atoms with Crippen molar-refractivity contribution in [1.82, 2.24) is 25.5 Å². The third-order valence-electron chi connectivity index (χ3n) is 4.91. The van der Waals surface area contributed by atoms with Crippen LogP contribution in [0.25, 0.3) is 5.69 Å². The van der Waals surface area contributed by atoms with Gasteiger partial charge in [-0.25, -0.2) is 4.79 Å². The van der Waals surface area contributed by atoms with E-state index in [4.69, 9.17) is 4.74 Å². The molecule has 1 saturated carbocycles. The molecule has 3 rings (SSSR count). The van der Waals surface area contributed by atoms with Crippen LogP contribution in [-0.4, -0.2) is 38.7 Å². The molecule has 0 spiro atoms. The fourth-order valence-electron chi connectivity index (χ4n) is 3.55. The standard InChI is InChI=1S/C19H25N5O3/c1-3-16(25)20-19(11-6-5-7-12-19)18-21-22-23-24(18)15-10-8-9-14(13-15)17(26)27-4-2/h8-10,13H,3-7,11-12H2,1-2H3,(H,20,25). The van der Waals surface area contributed by atoms with E-state index in [0.717, 1.165) is 32.1 Å². The first-order valence-electron chi connectivity index (χ1n) is 9.47. The van der Waals surface area contributed by atoms with Crippen LogP contribution in [0.5, 0.6) is 0 Å². The molecule has 8 heteroatoms. The fraction of sp³-hybridized carbons (Fsp3) is 0.526. The van der Waals surface area contributed by atoms with Crippen molar-refractivity contribution < 1.29 is 14.3 Å². The molecule has 1 N–H and O–H groups in total. The Morgan fingerprint density at radius 2 is 2.00 bits per heavy atom. The first kappa shape index (κ1) is 19.0. The van der Waals surface area contributed by atoms with Gasteiger partial charge in [0.15, 0.2) is 5.82 Å². The van der Waals surface area contributed by atoms with Crippen LogP contribution in [0, 0.1) is 0 Å². The molecule has 1 aliphatic carbocycles. The van der Waals surface area contributed by atoms with E-state index in [-0.39, 0.29) is 11.9 Å². The average molecular weight is 371 g/mol. The number of tetrazole rings is 1. The number of rotatable bonds is 6. The minimum Gasteiger partial charge on any atom is -0.462 e. The fourth-order valence-corrected chi connectivity index (χ4v) is 3.55. The average Bonchev–Trinajstić information content (AvgIpc) is 3.19. The van der Waals surface area contributed by atoms with Crippen LogP contribution >= 0.6 is 0 Å². The molecule has 1 aliphatic rings. The maximum absolute atomic E-state index is 12.2. The van der Waals surface area contributed by atoms with Crippen LogP contribution in [0.2, 0.25) is 0 Å². The van der Waals surface area contributed by atoms with Gasteiger partial charge in [0.05, 0.1) is 17.9 Å². The Labute approximate surface area is 158 Å². The molecular formula is C19H25N5O3. The summed E-state index contributed by atoms with van der Waals surface area (Å²) in [4.78, 5) is 24.3. The van der Waals surface area contributed by atoms with Gasteiger partial charge in [0.1, 0.15) is 5.54 Å². The Balaban J connectivity index is 2.00. The maximum Gasteiger partial charge on any atom is 0.338 e. The van der Waals surface area contributed by atoms with E-state index in [1.54, 1.807) is 29.8 Å². The molecule has 1 aromatic carbocycles. The number of benzene rings is 1. The predicted molar refractivity (Wildman–Crippen MR) is 98.3 cm³/mol. The summed E-state index contributed by atoms with van der Waals surface area (Å²) < 4.78 is 6.69. The largest absolute Gasteiger partial charge is 0.462 e. The number of nitrogens with zero attached hydrogens (tertiary/aromatic N) is 4. The van der Waals surface area contributed by atoms with Gasteiger partial charge in [-0.2, -0.15) is 4.68 Å². The maximum atomic E-state index is 12.2. The molecule has 144 valence electrons. The van der Waals surface area contributed by atoms with E-state index in [0.29, 0.717) is 30.1 Å². The van der Waals surface area contributed by atoms with Gasteiger partial charge in [0, 0.05) is 6.42 Å². The van der Waals surface area contributed by atoms with Gasteiger partial charge in [-0.05, 0) is 48.4 Å². The topological polar surface area (TPSA) is 99.0 Å². The second-order valence-corrected chi connectivity index (χ2v) is 6.73. The van der Waals surface area contributed by atoms with Crippen molar-refractivity contribution in [3.63, 3.8) is 0 Å². The van der Waals surface area contributed by atoms with E-state index in [1.807, 2.05) is 13.0 Å². The molecule has 1 amide bonds. The van der Waals surface area contributed by atoms with E-state index in [1.165, 1.54) is 0 Å². The zero-order valence-corrected chi connectivity index (χ0v) is 15.8. The van der Waals surface area contributed by atoms with Crippen molar-refractivity contribution in [1.29, 1.82) is 0 Å². The summed E-state index contributed by atoms with van der Waals surface area (Å²) in [5.41, 5.74) is 0.511. The molecule has 0 bridgehead atoms. The zero-order valence-electron chi connectivity index (χ0n) is 15.8. The van der Waals surface area contributed by atoms with Crippen molar-refractivity contribution in [2.45, 2.75) is 57.9 Å². The summed E-state index contributed by atoms with van der Waals surface area (Å²) in [6.07, 6.45) is 5.11. The number of carbonyl (C=O) groups excluding carboxylic acids is 2. The van der Waals surface area contributed by atoms with Gasteiger partial charge in [-0.1, -0.05) is 32.3 Å². The highest BCUT2D eigenvalue weighted by Crippen LogP contribution is 2.36. The number of amides is 1. The molecule has 0 unspecified atom stereocenters. The highest BCUT2D eigenvalue weighted by molar-refractivity contribution is 5.90. The SMILES string of the molecule is CCOC(=O)c1cccc(-n2nnnc2C2(NC(=O)CC)CCCCC2)c1. The molecule has 8 nitrogen and oxygen atoms in total. The lowest BCUT2D eigenvalue weighted by molar-refractivity contribution is -0.123. The third-order valence-corrected chi connectivity index (χ3v) is 4.91. The molecule has 27 heavy (non-hydrogen) atoms. The Morgan fingerprint density at radius 1 is 1.22 bits per heavy atom. The summed E-state index contributed by atoms with van der Waals surface area (Å²) in [5, 5.41) is 15.4. The van der Waals surface area contributed by atoms with Gasteiger partial charge in [-0.3, -0.25) is 4.79 Å². The molecular weight excluding hydrogens is 346 g/mol. The molecule has 0 atom stereocenters. The molecule has 0 saturated heterocycles. The highest BCUT2D eigenvalue weighted by Gasteiger charge is 2.40. The monoisotopic (exact) mass is 371 g/mol. The molecule has 1 aromatic heterocycles. The van der Waals surface area contributed by atoms with E-state index < -0.39 is 5.54 Å². The predicted octanol–water partition coefficient (Wildman–Crippen LogP) is 2.52. The van der Waals surface area contributed by atoms with Gasteiger partial charge >= 0.3 is 5.97 Å². The number of carbonyl (C=O) groups is 2. The Kier molecular flexibility index (Phi) is 5.83. The van der Waals surface area contributed by atoms with E-state index >= 15 is 0 Å². The quantitative estimate of drug-likeness (QED) is 0.784. The normalized spacial score (nSPS) is 15.9. The smallest absolute Gasteiger partial charge is 0.338 e. The molecule has 0 radical (unpaired) electrons. The van der Waals surface area contributed by atoms with Crippen molar-refractivity contribution >= 4 is 11.9 Å². The molecule has 1 heterocycles. The summed E-state index contributed by atoms with van der Waals surface area (Å²) in [7, 11) is 0. The summed E-state index contributed by atoms with van der Waals surface area (Å²) >= 11 is 0. The van der Waals surface area contributed by atoms with E-state index in [2.05, 4.69) is 20.8 Å². The van der Waals surface area contributed by atoms with Crippen molar-refractivity contribution in [3.05, 3.63) is 35.7 Å². The first-order valence-corrected chi connectivity index (χ1v) is 9.47.